The molecule has 10 heteroatoms. The molecule has 0 aliphatic rings. The smallest absolute Gasteiger partial charge is 0.338 e. The maximum absolute atomic E-state index is 12.4. The van der Waals surface area contributed by atoms with Crippen molar-refractivity contribution in [3.8, 4) is 5.75 Å². The Bertz CT molecular complexity index is 971. The second-order valence-electron chi connectivity index (χ2n) is 5.62. The molecule has 0 bridgehead atoms. The summed E-state index contributed by atoms with van der Waals surface area (Å²) < 4.78 is 36.0. The first-order valence-corrected chi connectivity index (χ1v) is 9.12. The highest BCUT2D eigenvalue weighted by molar-refractivity contribution is 7.89. The van der Waals surface area contributed by atoms with Gasteiger partial charge in [-0.25, -0.2) is 17.5 Å². The van der Waals surface area contributed by atoms with Crippen LogP contribution in [0.15, 0.2) is 47.4 Å². The van der Waals surface area contributed by atoms with E-state index >= 15 is 0 Å². The van der Waals surface area contributed by atoms with Crippen molar-refractivity contribution in [2.24, 2.45) is 0 Å². The number of rotatable bonds is 7. The third-order valence-electron chi connectivity index (χ3n) is 3.71. The number of nitro groups is 1. The Hall–Kier alpha value is -2.98. The van der Waals surface area contributed by atoms with Crippen molar-refractivity contribution in [1.29, 1.82) is 0 Å². The Labute approximate surface area is 156 Å². The first-order valence-electron chi connectivity index (χ1n) is 7.68. The van der Waals surface area contributed by atoms with Crippen LogP contribution in [0.1, 0.15) is 15.9 Å². The molecule has 0 heterocycles. The van der Waals surface area contributed by atoms with Crippen molar-refractivity contribution in [2.45, 2.75) is 11.5 Å². The van der Waals surface area contributed by atoms with E-state index in [1.165, 1.54) is 51.5 Å². The average Bonchev–Trinajstić information content (AvgIpc) is 2.65. The number of nitro benzene ring substituents is 1. The summed E-state index contributed by atoms with van der Waals surface area (Å²) in [6.45, 7) is -0.322. The lowest BCUT2D eigenvalue weighted by molar-refractivity contribution is -0.385. The van der Waals surface area contributed by atoms with Gasteiger partial charge in [-0.2, -0.15) is 0 Å². The molecule has 2 rings (SSSR count). The third-order valence-corrected chi connectivity index (χ3v) is 5.54. The number of benzene rings is 2. The molecule has 0 unspecified atom stereocenters. The Morgan fingerprint density at radius 3 is 2.44 bits per heavy atom. The highest BCUT2D eigenvalue weighted by Gasteiger charge is 2.24. The summed E-state index contributed by atoms with van der Waals surface area (Å²) in [4.78, 5) is 22.6. The minimum absolute atomic E-state index is 0.0187. The van der Waals surface area contributed by atoms with Crippen LogP contribution in [0.4, 0.5) is 5.69 Å². The van der Waals surface area contributed by atoms with E-state index in [1.54, 1.807) is 6.07 Å². The van der Waals surface area contributed by atoms with Crippen LogP contribution in [0.5, 0.6) is 5.75 Å². The highest BCUT2D eigenvalue weighted by atomic mass is 32.2. The molecule has 0 saturated heterocycles. The van der Waals surface area contributed by atoms with Crippen LogP contribution in [0, 0.1) is 10.1 Å². The monoisotopic (exact) mass is 394 g/mol. The van der Waals surface area contributed by atoms with E-state index in [4.69, 9.17) is 9.47 Å². The van der Waals surface area contributed by atoms with Crippen molar-refractivity contribution >= 4 is 21.7 Å². The van der Waals surface area contributed by atoms with Gasteiger partial charge in [0.2, 0.25) is 10.0 Å². The number of sulfonamides is 1. The number of ether oxygens (including phenoxy) is 2. The van der Waals surface area contributed by atoms with Crippen LogP contribution in [0.25, 0.3) is 0 Å². The number of hydrogen-bond donors (Lipinski definition) is 0. The number of carbonyl (C=O) groups is 1. The van der Waals surface area contributed by atoms with Crippen molar-refractivity contribution in [1.82, 2.24) is 4.31 Å². The van der Waals surface area contributed by atoms with Gasteiger partial charge in [0.25, 0.3) is 5.69 Å². The topological polar surface area (TPSA) is 116 Å². The van der Waals surface area contributed by atoms with E-state index in [9.17, 15) is 23.3 Å². The zero-order chi connectivity index (χ0) is 20.2. The summed E-state index contributed by atoms with van der Waals surface area (Å²) in [5.74, 6) is -0.732. The minimum atomic E-state index is -3.85. The van der Waals surface area contributed by atoms with Gasteiger partial charge in [0.1, 0.15) is 17.3 Å². The average molecular weight is 394 g/mol. The first kappa shape index (κ1) is 20.3. The van der Waals surface area contributed by atoms with Gasteiger partial charge in [0, 0.05) is 20.2 Å². The van der Waals surface area contributed by atoms with Crippen molar-refractivity contribution < 1.29 is 27.6 Å². The fourth-order valence-electron chi connectivity index (χ4n) is 2.24. The lowest BCUT2D eigenvalue weighted by Gasteiger charge is -2.15. The van der Waals surface area contributed by atoms with Crippen molar-refractivity contribution in [3.05, 3.63) is 63.7 Å². The molecule has 27 heavy (non-hydrogen) atoms. The second kappa shape index (κ2) is 8.14. The Morgan fingerprint density at radius 1 is 1.19 bits per heavy atom. The van der Waals surface area contributed by atoms with Crippen LogP contribution in [0.3, 0.4) is 0 Å². The number of esters is 1. The van der Waals surface area contributed by atoms with E-state index in [2.05, 4.69) is 0 Å². The molecule has 0 spiro atoms. The molecule has 0 radical (unpaired) electrons. The fraction of sp³-hybridized carbons (Fsp3) is 0.235. The SMILES string of the molecule is COc1ccc(C(=O)OCc2ccccc2[N+](=O)[O-])cc1S(=O)(=O)N(C)C. The normalized spacial score (nSPS) is 11.3. The van der Waals surface area contributed by atoms with Gasteiger partial charge >= 0.3 is 5.97 Å². The maximum atomic E-state index is 12.4. The fourth-order valence-corrected chi connectivity index (χ4v) is 3.31. The molecule has 0 aliphatic carbocycles. The Balaban J connectivity index is 2.29. The Morgan fingerprint density at radius 2 is 1.85 bits per heavy atom. The minimum Gasteiger partial charge on any atom is -0.495 e. The molecular weight excluding hydrogens is 376 g/mol. The van der Waals surface area contributed by atoms with Crippen LogP contribution < -0.4 is 4.74 Å². The van der Waals surface area contributed by atoms with Gasteiger partial charge in [0.05, 0.1) is 23.2 Å². The summed E-state index contributed by atoms with van der Waals surface area (Å²) in [7, 11) is 0.177. The molecule has 0 saturated carbocycles. The summed E-state index contributed by atoms with van der Waals surface area (Å²) >= 11 is 0. The Kier molecular flexibility index (Phi) is 6.13. The van der Waals surface area contributed by atoms with Crippen LogP contribution in [0.2, 0.25) is 0 Å². The summed E-state index contributed by atoms with van der Waals surface area (Å²) in [6.07, 6.45) is 0. The lowest BCUT2D eigenvalue weighted by Crippen LogP contribution is -2.23. The molecule has 0 atom stereocenters. The molecule has 0 aliphatic heterocycles. The number of hydrogen-bond acceptors (Lipinski definition) is 7. The number of para-hydroxylation sites is 1. The molecule has 144 valence electrons. The van der Waals surface area contributed by atoms with Crippen LogP contribution >= 0.6 is 0 Å². The molecule has 0 N–H and O–H groups in total. The summed E-state index contributed by atoms with van der Waals surface area (Å²) in [5, 5.41) is 11.0. The summed E-state index contributed by atoms with van der Waals surface area (Å²) in [6, 6.07) is 9.72. The van der Waals surface area contributed by atoms with Gasteiger partial charge in [-0.05, 0) is 24.3 Å². The summed E-state index contributed by atoms with van der Waals surface area (Å²) in [5.41, 5.74) is 0.0382. The van der Waals surface area contributed by atoms with Gasteiger partial charge in [-0.15, -0.1) is 0 Å². The number of methoxy groups -OCH3 is 1. The molecule has 2 aromatic rings. The molecule has 0 amide bonds. The molecule has 2 aromatic carbocycles. The molecule has 0 fully saturated rings. The first-order chi connectivity index (χ1) is 12.7. The van der Waals surface area contributed by atoms with Crippen molar-refractivity contribution in [3.63, 3.8) is 0 Å². The lowest BCUT2D eigenvalue weighted by atomic mass is 10.2. The predicted octanol–water partition coefficient (Wildman–Crippen LogP) is 2.21. The van der Waals surface area contributed by atoms with Crippen LogP contribution in [-0.2, 0) is 21.4 Å². The van der Waals surface area contributed by atoms with E-state index < -0.39 is 20.9 Å². The predicted molar refractivity (Wildman–Crippen MR) is 96.1 cm³/mol. The maximum Gasteiger partial charge on any atom is 0.338 e. The largest absolute Gasteiger partial charge is 0.495 e. The van der Waals surface area contributed by atoms with Crippen molar-refractivity contribution in [2.75, 3.05) is 21.2 Å². The van der Waals surface area contributed by atoms with E-state index in [1.807, 2.05) is 0 Å². The van der Waals surface area contributed by atoms with Gasteiger partial charge in [-0.3, -0.25) is 10.1 Å². The zero-order valence-electron chi connectivity index (χ0n) is 14.9. The number of carbonyl (C=O) groups excluding carboxylic acids is 1. The molecule has 9 nitrogen and oxygen atoms in total. The highest BCUT2D eigenvalue weighted by Crippen LogP contribution is 2.27. The third kappa shape index (κ3) is 4.41. The van der Waals surface area contributed by atoms with Gasteiger partial charge in [-0.1, -0.05) is 12.1 Å². The molecule has 0 aromatic heterocycles. The standard InChI is InChI=1S/C17H18N2O7S/c1-18(2)27(23,24)16-10-12(8-9-15(16)25-3)17(20)26-11-13-6-4-5-7-14(13)19(21)22/h4-10H,11H2,1-3H3. The number of nitrogens with zero attached hydrogens (tertiary/aromatic N) is 2. The van der Waals surface area contributed by atoms with Gasteiger partial charge < -0.3 is 9.47 Å². The van der Waals surface area contributed by atoms with E-state index in [0.717, 1.165) is 10.4 Å². The van der Waals surface area contributed by atoms with Crippen LogP contribution in [-0.4, -0.2) is 44.8 Å². The van der Waals surface area contributed by atoms with E-state index in [-0.39, 0.29) is 34.1 Å². The zero-order valence-corrected chi connectivity index (χ0v) is 15.7. The second-order valence-corrected chi connectivity index (χ2v) is 7.74. The molecular formula is C17H18N2O7S. The van der Waals surface area contributed by atoms with E-state index in [0.29, 0.717) is 0 Å². The van der Waals surface area contributed by atoms with Gasteiger partial charge in [0.15, 0.2) is 0 Å². The quantitative estimate of drug-likeness (QED) is 0.401.